The summed E-state index contributed by atoms with van der Waals surface area (Å²) in [6, 6.07) is 14.3. The third kappa shape index (κ3) is 6.13. The van der Waals surface area contributed by atoms with Crippen LogP contribution in [0.4, 0.5) is 4.39 Å². The van der Waals surface area contributed by atoms with Gasteiger partial charge in [0.25, 0.3) is 0 Å². The Bertz CT molecular complexity index is 705. The smallest absolute Gasteiger partial charge is 0.176 e. The number of carbonyl (C=O) groups excluding carboxylic acids is 1. The van der Waals surface area contributed by atoms with Gasteiger partial charge in [-0.15, -0.1) is 0 Å². The van der Waals surface area contributed by atoms with Crippen LogP contribution < -0.4 is 9.47 Å². The van der Waals surface area contributed by atoms with Crippen LogP contribution in [0, 0.1) is 0 Å². The molecule has 0 heterocycles. The topological polar surface area (TPSA) is 59.0 Å². The van der Waals surface area contributed by atoms with E-state index < -0.39 is 12.8 Å². The fourth-order valence-corrected chi connectivity index (χ4v) is 2.45. The lowest BCUT2D eigenvalue weighted by molar-refractivity contribution is 0.0943. The number of rotatable bonds is 10. The summed E-state index contributed by atoms with van der Waals surface area (Å²) in [4.78, 5) is 14.3. The second kappa shape index (κ2) is 9.89. The largest absolute Gasteiger partial charge is 0.497 e. The monoisotopic (exact) mass is 361 g/mol. The van der Waals surface area contributed by atoms with Crippen molar-refractivity contribution in [3.63, 3.8) is 0 Å². The lowest BCUT2D eigenvalue weighted by atomic mass is 10.1. The molecular formula is C20H24FNO4. The van der Waals surface area contributed by atoms with Crippen molar-refractivity contribution in [2.24, 2.45) is 0 Å². The predicted molar refractivity (Wildman–Crippen MR) is 97.6 cm³/mol. The van der Waals surface area contributed by atoms with Crippen molar-refractivity contribution in [3.8, 4) is 11.5 Å². The number of hydrogen-bond donors (Lipinski definition) is 1. The van der Waals surface area contributed by atoms with E-state index >= 15 is 0 Å². The molecule has 5 nitrogen and oxygen atoms in total. The highest BCUT2D eigenvalue weighted by Crippen LogP contribution is 2.16. The molecule has 1 atom stereocenters. The maximum absolute atomic E-state index is 13.1. The molecule has 1 unspecified atom stereocenters. The summed E-state index contributed by atoms with van der Waals surface area (Å²) in [5.74, 6) is 1.27. The molecule has 0 radical (unpaired) electrons. The highest BCUT2D eigenvalue weighted by molar-refractivity contribution is 5.97. The van der Waals surface area contributed by atoms with E-state index in [9.17, 15) is 9.18 Å². The summed E-state index contributed by atoms with van der Waals surface area (Å²) >= 11 is 0. The van der Waals surface area contributed by atoms with Crippen molar-refractivity contribution in [3.05, 3.63) is 59.7 Å². The van der Waals surface area contributed by atoms with Gasteiger partial charge in [-0.25, -0.2) is 4.39 Å². The van der Waals surface area contributed by atoms with Crippen LogP contribution in [-0.2, 0) is 6.54 Å². The molecule has 0 fully saturated rings. The molecule has 0 bridgehead atoms. The average Bonchev–Trinajstić information content (AvgIpc) is 2.66. The van der Waals surface area contributed by atoms with Gasteiger partial charge >= 0.3 is 0 Å². The summed E-state index contributed by atoms with van der Waals surface area (Å²) < 4.78 is 23.5. The average molecular weight is 361 g/mol. The fourth-order valence-electron chi connectivity index (χ4n) is 2.45. The van der Waals surface area contributed by atoms with Crippen molar-refractivity contribution in [2.45, 2.75) is 12.7 Å². The number of carbonyl (C=O) groups is 1. The van der Waals surface area contributed by atoms with Crippen LogP contribution in [0.5, 0.6) is 11.5 Å². The Morgan fingerprint density at radius 1 is 1.19 bits per heavy atom. The molecule has 2 aromatic carbocycles. The number of aliphatic hydroxyl groups excluding tert-OH is 1. The molecule has 26 heavy (non-hydrogen) atoms. The first-order valence-electron chi connectivity index (χ1n) is 8.34. The number of likely N-dealkylation sites (N-methyl/N-ethyl adjacent to an activating group) is 1. The standard InChI is InChI=1S/C20H24FNO4/c1-22(12-20(24)16-6-8-18(25-2)9-7-16)11-15-4-3-5-19(10-15)26-14-17(21)13-23/h3-10,17,23H,11-14H2,1-2H3. The summed E-state index contributed by atoms with van der Waals surface area (Å²) in [5.41, 5.74) is 1.58. The van der Waals surface area contributed by atoms with Crippen molar-refractivity contribution in [1.82, 2.24) is 4.90 Å². The van der Waals surface area contributed by atoms with Gasteiger partial charge in [-0.05, 0) is 49.0 Å². The lowest BCUT2D eigenvalue weighted by Gasteiger charge is -2.17. The first-order valence-corrected chi connectivity index (χ1v) is 8.34. The van der Waals surface area contributed by atoms with Gasteiger partial charge in [0.2, 0.25) is 0 Å². The third-order valence-electron chi connectivity index (χ3n) is 3.81. The zero-order valence-electron chi connectivity index (χ0n) is 15.0. The van der Waals surface area contributed by atoms with Crippen LogP contribution in [0.2, 0.25) is 0 Å². The SMILES string of the molecule is COc1ccc(C(=O)CN(C)Cc2cccc(OCC(F)CO)c2)cc1. The molecular weight excluding hydrogens is 337 g/mol. The van der Waals surface area contributed by atoms with Gasteiger partial charge in [0.05, 0.1) is 20.3 Å². The van der Waals surface area contributed by atoms with E-state index in [0.29, 0.717) is 23.6 Å². The fraction of sp³-hybridized carbons (Fsp3) is 0.350. The van der Waals surface area contributed by atoms with E-state index in [1.54, 1.807) is 43.5 Å². The molecule has 6 heteroatoms. The number of aliphatic hydroxyl groups is 1. The highest BCUT2D eigenvalue weighted by atomic mass is 19.1. The van der Waals surface area contributed by atoms with Gasteiger partial charge in [-0.3, -0.25) is 9.69 Å². The van der Waals surface area contributed by atoms with Crippen molar-refractivity contribution in [1.29, 1.82) is 0 Å². The first-order chi connectivity index (χ1) is 12.5. The second-order valence-corrected chi connectivity index (χ2v) is 6.06. The van der Waals surface area contributed by atoms with Crippen molar-refractivity contribution in [2.75, 3.05) is 33.9 Å². The molecule has 1 N–H and O–H groups in total. The molecule has 0 saturated carbocycles. The minimum Gasteiger partial charge on any atom is -0.497 e. The van der Waals surface area contributed by atoms with Gasteiger partial charge in [-0.1, -0.05) is 12.1 Å². The van der Waals surface area contributed by atoms with Gasteiger partial charge in [-0.2, -0.15) is 0 Å². The third-order valence-corrected chi connectivity index (χ3v) is 3.81. The Balaban J connectivity index is 1.90. The normalized spacial score (nSPS) is 12.0. The van der Waals surface area contributed by atoms with Crippen LogP contribution >= 0.6 is 0 Å². The summed E-state index contributed by atoms with van der Waals surface area (Å²) in [6.07, 6.45) is -1.40. The molecule has 2 aromatic rings. The molecule has 0 amide bonds. The second-order valence-electron chi connectivity index (χ2n) is 6.06. The number of Topliss-reactive ketones (excluding diaryl/α,β-unsaturated/α-hetero) is 1. The van der Waals surface area contributed by atoms with Crippen LogP contribution in [0.3, 0.4) is 0 Å². The molecule has 140 valence electrons. The van der Waals surface area contributed by atoms with E-state index in [0.717, 1.165) is 5.56 Å². The van der Waals surface area contributed by atoms with E-state index in [1.165, 1.54) is 0 Å². The van der Waals surface area contributed by atoms with Crippen LogP contribution in [0.1, 0.15) is 15.9 Å². The molecule has 0 saturated heterocycles. The zero-order chi connectivity index (χ0) is 18.9. The van der Waals surface area contributed by atoms with Crippen LogP contribution in [0.15, 0.2) is 48.5 Å². The number of methoxy groups -OCH3 is 1. The predicted octanol–water partition coefficient (Wildman–Crippen LogP) is 2.72. The van der Waals surface area contributed by atoms with E-state index in [1.807, 2.05) is 24.1 Å². The molecule has 0 aliphatic carbocycles. The number of ether oxygens (including phenoxy) is 2. The highest BCUT2D eigenvalue weighted by Gasteiger charge is 2.11. The summed E-state index contributed by atoms with van der Waals surface area (Å²) in [5, 5.41) is 8.69. The van der Waals surface area contributed by atoms with Gasteiger partial charge in [0.15, 0.2) is 12.0 Å². The number of benzene rings is 2. The number of alkyl halides is 1. The Morgan fingerprint density at radius 3 is 2.58 bits per heavy atom. The maximum atomic E-state index is 13.1. The quantitative estimate of drug-likeness (QED) is 0.660. The van der Waals surface area contributed by atoms with E-state index in [2.05, 4.69) is 0 Å². The Kier molecular flexibility index (Phi) is 7.56. The number of hydrogen-bond acceptors (Lipinski definition) is 5. The molecule has 2 rings (SSSR count). The van der Waals surface area contributed by atoms with Crippen LogP contribution in [-0.4, -0.2) is 55.9 Å². The van der Waals surface area contributed by atoms with Crippen LogP contribution in [0.25, 0.3) is 0 Å². The van der Waals surface area contributed by atoms with Gasteiger partial charge in [0.1, 0.15) is 18.1 Å². The number of ketones is 1. The summed E-state index contributed by atoms with van der Waals surface area (Å²) in [6.45, 7) is 0.0777. The minimum atomic E-state index is -1.40. The number of nitrogens with zero attached hydrogens (tertiary/aromatic N) is 1. The molecule has 0 aromatic heterocycles. The minimum absolute atomic E-state index is 0.0192. The zero-order valence-corrected chi connectivity index (χ0v) is 15.0. The first kappa shape index (κ1) is 19.9. The van der Waals surface area contributed by atoms with Gasteiger partial charge < -0.3 is 14.6 Å². The summed E-state index contributed by atoms with van der Waals surface area (Å²) in [7, 11) is 3.44. The van der Waals surface area contributed by atoms with Crippen molar-refractivity contribution >= 4 is 5.78 Å². The molecule has 0 aliphatic heterocycles. The lowest BCUT2D eigenvalue weighted by Crippen LogP contribution is -2.25. The van der Waals surface area contributed by atoms with Gasteiger partial charge in [0, 0.05) is 12.1 Å². The van der Waals surface area contributed by atoms with Crippen molar-refractivity contribution < 1.29 is 23.8 Å². The maximum Gasteiger partial charge on any atom is 0.176 e. The molecule has 0 aliphatic rings. The Labute approximate surface area is 153 Å². The number of halogens is 1. The Hall–Kier alpha value is -2.44. The van der Waals surface area contributed by atoms with E-state index in [4.69, 9.17) is 14.6 Å². The molecule has 0 spiro atoms. The Morgan fingerprint density at radius 2 is 1.92 bits per heavy atom. The van der Waals surface area contributed by atoms with E-state index in [-0.39, 0.29) is 18.9 Å².